The SMILES string of the molecule is CC(C)(C)[C@H]1CC=C2[C@H](C1)[C@@H](c1ccc(OCC(N)=O)cc1)C(C#N)=C(N)C2(C#N)C#N. The molecule has 0 bridgehead atoms. The first kappa shape index (κ1) is 22.9. The maximum atomic E-state index is 11.0. The molecule has 164 valence electrons. The molecule has 0 heterocycles. The van der Waals surface area contributed by atoms with E-state index in [1.807, 2.05) is 18.2 Å². The maximum Gasteiger partial charge on any atom is 0.255 e. The van der Waals surface area contributed by atoms with Crippen molar-refractivity contribution in [3.05, 3.63) is 52.7 Å². The number of nitrogens with two attached hydrogens (primary N) is 2. The van der Waals surface area contributed by atoms with E-state index in [-0.39, 0.29) is 35.1 Å². The molecular formula is C25H27N5O2. The van der Waals surface area contributed by atoms with Crippen LogP contribution < -0.4 is 16.2 Å². The van der Waals surface area contributed by atoms with Crippen molar-refractivity contribution in [2.24, 2.45) is 34.1 Å². The molecule has 0 saturated heterocycles. The Balaban J connectivity index is 2.14. The highest BCUT2D eigenvalue weighted by atomic mass is 16.5. The largest absolute Gasteiger partial charge is 0.484 e. The van der Waals surface area contributed by atoms with Crippen LogP contribution in [0, 0.1) is 56.7 Å². The molecule has 1 amide bonds. The lowest BCUT2D eigenvalue weighted by atomic mass is 9.55. The Labute approximate surface area is 188 Å². The molecule has 0 fully saturated rings. The first-order valence-electron chi connectivity index (χ1n) is 10.5. The minimum Gasteiger partial charge on any atom is -0.484 e. The molecule has 0 unspecified atom stereocenters. The monoisotopic (exact) mass is 429 g/mol. The van der Waals surface area contributed by atoms with Crippen LogP contribution in [0.3, 0.4) is 0 Å². The summed E-state index contributed by atoms with van der Waals surface area (Å²) < 4.78 is 5.35. The number of nitrogens with zero attached hydrogens (tertiary/aromatic N) is 3. The van der Waals surface area contributed by atoms with Crippen LogP contribution in [0.25, 0.3) is 0 Å². The van der Waals surface area contributed by atoms with Gasteiger partial charge < -0.3 is 16.2 Å². The first-order chi connectivity index (χ1) is 15.1. The van der Waals surface area contributed by atoms with Gasteiger partial charge in [-0.15, -0.1) is 0 Å². The standard InChI is InChI=1S/C25H27N5O2/c1-24(2,3)16-6-9-20-18(10-16)22(19(11-26)23(30)25(20,13-27)14-28)15-4-7-17(8-5-15)32-12-21(29)31/h4-5,7-9,16,18,22H,6,10,12,30H2,1-3H3,(H2,29,31)/t16-,18-,22+/m0/s1. The number of primary amides is 1. The Hall–Kier alpha value is -3.76. The van der Waals surface area contributed by atoms with Gasteiger partial charge in [-0.05, 0) is 53.4 Å². The van der Waals surface area contributed by atoms with Gasteiger partial charge in [-0.1, -0.05) is 39.0 Å². The molecule has 0 saturated carbocycles. The van der Waals surface area contributed by atoms with E-state index in [9.17, 15) is 20.6 Å². The number of hydrogen-bond acceptors (Lipinski definition) is 6. The van der Waals surface area contributed by atoms with Crippen LogP contribution in [0.4, 0.5) is 0 Å². The lowest BCUT2D eigenvalue weighted by Crippen LogP contribution is -2.43. The van der Waals surface area contributed by atoms with Crippen molar-refractivity contribution in [1.82, 2.24) is 0 Å². The summed E-state index contributed by atoms with van der Waals surface area (Å²) in [6.07, 6.45) is 3.49. The summed E-state index contributed by atoms with van der Waals surface area (Å²) in [6.45, 7) is 6.30. The summed E-state index contributed by atoms with van der Waals surface area (Å²) in [6, 6.07) is 13.5. The molecule has 3 atom stereocenters. The van der Waals surface area contributed by atoms with E-state index in [0.29, 0.717) is 17.2 Å². The van der Waals surface area contributed by atoms with E-state index in [1.54, 1.807) is 12.1 Å². The number of nitriles is 3. The maximum absolute atomic E-state index is 11.0. The lowest BCUT2D eigenvalue weighted by Gasteiger charge is -2.46. The van der Waals surface area contributed by atoms with Gasteiger partial charge in [-0.25, -0.2) is 0 Å². The van der Waals surface area contributed by atoms with Crippen LogP contribution in [-0.2, 0) is 4.79 Å². The molecule has 2 aliphatic rings. The van der Waals surface area contributed by atoms with Gasteiger partial charge in [0.05, 0.1) is 29.5 Å². The van der Waals surface area contributed by atoms with Gasteiger partial charge in [0, 0.05) is 5.92 Å². The number of carbonyl (C=O) groups is 1. The van der Waals surface area contributed by atoms with Crippen LogP contribution in [0.2, 0.25) is 0 Å². The van der Waals surface area contributed by atoms with Crippen LogP contribution in [-0.4, -0.2) is 12.5 Å². The molecule has 0 spiro atoms. The summed E-state index contributed by atoms with van der Waals surface area (Å²) in [5.41, 5.74) is 11.7. The zero-order valence-electron chi connectivity index (χ0n) is 18.6. The van der Waals surface area contributed by atoms with E-state index in [0.717, 1.165) is 18.4 Å². The fourth-order valence-corrected chi connectivity index (χ4v) is 4.86. The Morgan fingerprint density at radius 3 is 2.31 bits per heavy atom. The minimum absolute atomic E-state index is 0.0146. The third-order valence-electron chi connectivity index (χ3n) is 6.70. The van der Waals surface area contributed by atoms with Gasteiger partial charge in [0.2, 0.25) is 5.41 Å². The van der Waals surface area contributed by atoms with Crippen molar-refractivity contribution in [1.29, 1.82) is 15.8 Å². The number of hydrogen-bond donors (Lipinski definition) is 2. The molecule has 4 N–H and O–H groups in total. The fourth-order valence-electron chi connectivity index (χ4n) is 4.86. The third-order valence-corrected chi connectivity index (χ3v) is 6.70. The Kier molecular flexibility index (Phi) is 6.02. The Morgan fingerprint density at radius 2 is 1.81 bits per heavy atom. The highest BCUT2D eigenvalue weighted by Crippen LogP contribution is 2.57. The van der Waals surface area contributed by atoms with Crippen molar-refractivity contribution < 1.29 is 9.53 Å². The molecule has 1 aromatic rings. The summed E-state index contributed by atoms with van der Waals surface area (Å²) in [4.78, 5) is 11.0. The summed E-state index contributed by atoms with van der Waals surface area (Å²) in [7, 11) is 0. The molecule has 7 nitrogen and oxygen atoms in total. The quantitative estimate of drug-likeness (QED) is 0.700. The van der Waals surface area contributed by atoms with Crippen LogP contribution in [0.15, 0.2) is 47.2 Å². The molecule has 0 aromatic heterocycles. The molecule has 1 aromatic carbocycles. The molecule has 2 aliphatic carbocycles. The van der Waals surface area contributed by atoms with Crippen LogP contribution >= 0.6 is 0 Å². The van der Waals surface area contributed by atoms with Crippen molar-refractivity contribution in [2.75, 3.05) is 6.61 Å². The van der Waals surface area contributed by atoms with E-state index in [2.05, 4.69) is 39.0 Å². The average molecular weight is 430 g/mol. The second-order valence-corrected chi connectivity index (χ2v) is 9.51. The average Bonchev–Trinajstić information content (AvgIpc) is 2.77. The van der Waals surface area contributed by atoms with E-state index >= 15 is 0 Å². The first-order valence-corrected chi connectivity index (χ1v) is 10.5. The van der Waals surface area contributed by atoms with E-state index in [1.165, 1.54) is 0 Å². The number of carbonyl (C=O) groups excluding carboxylic acids is 1. The minimum atomic E-state index is -1.63. The zero-order valence-corrected chi connectivity index (χ0v) is 18.6. The molecule has 32 heavy (non-hydrogen) atoms. The number of rotatable bonds is 4. The second-order valence-electron chi connectivity index (χ2n) is 9.51. The predicted molar refractivity (Wildman–Crippen MR) is 118 cm³/mol. The van der Waals surface area contributed by atoms with Gasteiger partial charge in [0.1, 0.15) is 5.75 Å². The van der Waals surface area contributed by atoms with Crippen molar-refractivity contribution in [3.8, 4) is 24.0 Å². The smallest absolute Gasteiger partial charge is 0.255 e. The number of fused-ring (bicyclic) bond motifs is 1. The van der Waals surface area contributed by atoms with Gasteiger partial charge in [-0.3, -0.25) is 4.79 Å². The summed E-state index contributed by atoms with van der Waals surface area (Å²) in [5.74, 6) is -0.345. The Morgan fingerprint density at radius 1 is 1.19 bits per heavy atom. The second kappa shape index (κ2) is 8.40. The van der Waals surface area contributed by atoms with Gasteiger partial charge in [0.25, 0.3) is 5.91 Å². The molecule has 0 aliphatic heterocycles. The van der Waals surface area contributed by atoms with E-state index in [4.69, 9.17) is 16.2 Å². The normalized spacial score (nSPS) is 24.2. The highest BCUT2D eigenvalue weighted by molar-refractivity contribution is 5.75. The van der Waals surface area contributed by atoms with Crippen LogP contribution in [0.5, 0.6) is 5.75 Å². The fraction of sp³-hybridized carbons (Fsp3) is 0.440. The van der Waals surface area contributed by atoms with Gasteiger partial charge in [-0.2, -0.15) is 15.8 Å². The van der Waals surface area contributed by atoms with Crippen molar-refractivity contribution >= 4 is 5.91 Å². The summed E-state index contributed by atoms with van der Waals surface area (Å²) in [5, 5.41) is 30.0. The number of amides is 1. The summed E-state index contributed by atoms with van der Waals surface area (Å²) >= 11 is 0. The van der Waals surface area contributed by atoms with Crippen molar-refractivity contribution in [2.45, 2.75) is 39.5 Å². The molecule has 0 radical (unpaired) electrons. The number of allylic oxidation sites excluding steroid dienone is 3. The molecule has 7 heteroatoms. The van der Waals surface area contributed by atoms with Gasteiger partial charge >= 0.3 is 0 Å². The molecule has 3 rings (SSSR count). The highest BCUT2D eigenvalue weighted by Gasteiger charge is 2.53. The Bertz CT molecular complexity index is 1090. The van der Waals surface area contributed by atoms with Crippen molar-refractivity contribution in [3.63, 3.8) is 0 Å². The predicted octanol–water partition coefficient (Wildman–Crippen LogP) is 3.42. The van der Waals surface area contributed by atoms with Gasteiger partial charge in [0.15, 0.2) is 6.61 Å². The third kappa shape index (κ3) is 3.81. The lowest BCUT2D eigenvalue weighted by molar-refractivity contribution is -0.119. The van der Waals surface area contributed by atoms with E-state index < -0.39 is 11.3 Å². The zero-order chi connectivity index (χ0) is 23.7. The number of ether oxygens (including phenoxy) is 1. The number of benzene rings is 1. The molecular weight excluding hydrogens is 402 g/mol. The topological polar surface area (TPSA) is 150 Å². The van der Waals surface area contributed by atoms with Crippen LogP contribution in [0.1, 0.15) is 45.1 Å².